The van der Waals surface area contributed by atoms with Gasteiger partial charge in [-0.05, 0) is 30.5 Å². The second kappa shape index (κ2) is 2.83. The van der Waals surface area contributed by atoms with E-state index < -0.39 is 0 Å². The van der Waals surface area contributed by atoms with Gasteiger partial charge >= 0.3 is 0 Å². The summed E-state index contributed by atoms with van der Waals surface area (Å²) in [5, 5.41) is 8.67. The van der Waals surface area contributed by atoms with Gasteiger partial charge in [0.1, 0.15) is 0 Å². The molecule has 0 radical (unpaired) electrons. The molecule has 0 amide bonds. The second-order valence-electron chi connectivity index (χ2n) is 3.46. The highest BCUT2D eigenvalue weighted by atomic mass is 79.9. The molecule has 0 bridgehead atoms. The maximum atomic E-state index is 8.67. The lowest BCUT2D eigenvalue weighted by Gasteiger charge is -2.11. The molecule has 0 unspecified atom stereocenters. The van der Waals surface area contributed by atoms with Crippen molar-refractivity contribution in [1.29, 1.82) is 5.26 Å². The summed E-state index contributed by atoms with van der Waals surface area (Å²) in [7, 11) is 0. The van der Waals surface area contributed by atoms with Crippen molar-refractivity contribution in [2.24, 2.45) is 5.73 Å². The fraction of sp³-hybridized carbons (Fsp3) is 0.300. The van der Waals surface area contributed by atoms with Gasteiger partial charge in [0.25, 0.3) is 0 Å². The minimum Gasteiger partial charge on any atom is -0.321 e. The molecule has 1 aromatic carbocycles. The fourth-order valence-electron chi connectivity index (χ4n) is 1.39. The molecule has 1 fully saturated rings. The summed E-state index contributed by atoms with van der Waals surface area (Å²) in [4.78, 5) is 0. The van der Waals surface area contributed by atoms with Crippen molar-refractivity contribution in [3.05, 3.63) is 33.8 Å². The van der Waals surface area contributed by atoms with Crippen molar-refractivity contribution in [1.82, 2.24) is 0 Å². The predicted molar refractivity (Wildman–Crippen MR) is 54.0 cm³/mol. The van der Waals surface area contributed by atoms with Crippen LogP contribution in [0.2, 0.25) is 0 Å². The van der Waals surface area contributed by atoms with Crippen LogP contribution in [-0.2, 0) is 5.54 Å². The summed E-state index contributed by atoms with van der Waals surface area (Å²) in [6, 6.07) is 7.67. The summed E-state index contributed by atoms with van der Waals surface area (Å²) in [5.41, 5.74) is 7.70. The molecule has 0 saturated heterocycles. The Morgan fingerprint density at radius 3 is 2.62 bits per heavy atom. The molecule has 1 aliphatic rings. The monoisotopic (exact) mass is 236 g/mol. The van der Waals surface area contributed by atoms with Gasteiger partial charge in [-0.1, -0.05) is 22.0 Å². The summed E-state index contributed by atoms with van der Waals surface area (Å²) in [5.74, 6) is 0. The molecule has 3 heteroatoms. The number of halogens is 1. The molecule has 13 heavy (non-hydrogen) atoms. The number of nitrogens with zero attached hydrogens (tertiary/aromatic N) is 1. The number of nitriles is 1. The summed E-state index contributed by atoms with van der Waals surface area (Å²) >= 11 is 3.43. The predicted octanol–water partition coefficient (Wildman–Crippen LogP) is 2.27. The van der Waals surface area contributed by atoms with Gasteiger partial charge in [0.05, 0.1) is 11.6 Å². The van der Waals surface area contributed by atoms with Crippen LogP contribution in [0.5, 0.6) is 0 Å². The van der Waals surface area contributed by atoms with Crippen LogP contribution in [0.1, 0.15) is 24.0 Å². The quantitative estimate of drug-likeness (QED) is 0.814. The highest BCUT2D eigenvalue weighted by molar-refractivity contribution is 9.10. The summed E-state index contributed by atoms with van der Waals surface area (Å²) in [6.07, 6.45) is 2.08. The SMILES string of the molecule is N#Cc1ccc(C2(N)CC2)c(Br)c1. The Morgan fingerprint density at radius 1 is 1.46 bits per heavy atom. The molecule has 0 aromatic heterocycles. The molecule has 2 rings (SSSR count). The highest BCUT2D eigenvalue weighted by Gasteiger charge is 2.41. The first-order valence-corrected chi connectivity index (χ1v) is 4.94. The average Bonchev–Trinajstić information content (AvgIpc) is 2.84. The van der Waals surface area contributed by atoms with Crippen LogP contribution < -0.4 is 5.73 Å². The zero-order valence-electron chi connectivity index (χ0n) is 7.05. The van der Waals surface area contributed by atoms with Gasteiger partial charge in [-0.15, -0.1) is 0 Å². The minimum absolute atomic E-state index is 0.132. The molecule has 1 saturated carbocycles. The van der Waals surface area contributed by atoms with Crippen molar-refractivity contribution in [3.8, 4) is 6.07 Å². The van der Waals surface area contributed by atoms with E-state index in [9.17, 15) is 0 Å². The topological polar surface area (TPSA) is 49.8 Å². The van der Waals surface area contributed by atoms with Crippen molar-refractivity contribution in [2.75, 3.05) is 0 Å². The van der Waals surface area contributed by atoms with E-state index in [1.807, 2.05) is 18.2 Å². The van der Waals surface area contributed by atoms with E-state index in [1.165, 1.54) is 0 Å². The van der Waals surface area contributed by atoms with Crippen molar-refractivity contribution in [3.63, 3.8) is 0 Å². The zero-order chi connectivity index (χ0) is 9.47. The van der Waals surface area contributed by atoms with Crippen LogP contribution in [0, 0.1) is 11.3 Å². The van der Waals surface area contributed by atoms with E-state index in [2.05, 4.69) is 22.0 Å². The lowest BCUT2D eigenvalue weighted by Crippen LogP contribution is -2.19. The third-order valence-electron chi connectivity index (χ3n) is 2.42. The van der Waals surface area contributed by atoms with Crippen molar-refractivity contribution >= 4 is 15.9 Å². The van der Waals surface area contributed by atoms with Crippen LogP contribution in [-0.4, -0.2) is 0 Å². The van der Waals surface area contributed by atoms with Gasteiger partial charge in [0.2, 0.25) is 0 Å². The molecule has 1 aliphatic carbocycles. The first kappa shape index (κ1) is 8.74. The number of rotatable bonds is 1. The first-order chi connectivity index (χ1) is 6.15. The minimum atomic E-state index is -0.132. The molecule has 2 N–H and O–H groups in total. The van der Waals surface area contributed by atoms with Crippen LogP contribution in [0.4, 0.5) is 0 Å². The largest absolute Gasteiger partial charge is 0.321 e. The van der Waals surface area contributed by atoms with Gasteiger partial charge in [-0.2, -0.15) is 5.26 Å². The Kier molecular flexibility index (Phi) is 1.90. The van der Waals surface area contributed by atoms with Crippen LogP contribution >= 0.6 is 15.9 Å². The van der Waals surface area contributed by atoms with Crippen LogP contribution in [0.3, 0.4) is 0 Å². The van der Waals surface area contributed by atoms with E-state index in [4.69, 9.17) is 11.0 Å². The average molecular weight is 237 g/mol. The van der Waals surface area contributed by atoms with Gasteiger partial charge in [-0.3, -0.25) is 0 Å². The third-order valence-corrected chi connectivity index (χ3v) is 3.08. The highest BCUT2D eigenvalue weighted by Crippen LogP contribution is 2.45. The fourth-order valence-corrected chi connectivity index (χ4v) is 2.17. The van der Waals surface area contributed by atoms with Crippen LogP contribution in [0.25, 0.3) is 0 Å². The molecule has 0 spiro atoms. The van der Waals surface area contributed by atoms with E-state index in [-0.39, 0.29) is 5.54 Å². The molecule has 1 aromatic rings. The molecular formula is C10H9BrN2. The Bertz CT molecular complexity index is 388. The van der Waals surface area contributed by atoms with E-state index >= 15 is 0 Å². The number of hydrogen-bond donors (Lipinski definition) is 1. The molecular weight excluding hydrogens is 228 g/mol. The molecule has 2 nitrogen and oxygen atoms in total. The number of benzene rings is 1. The Hall–Kier alpha value is -0.850. The van der Waals surface area contributed by atoms with Gasteiger partial charge in [-0.25, -0.2) is 0 Å². The van der Waals surface area contributed by atoms with E-state index in [1.54, 1.807) is 0 Å². The lowest BCUT2D eigenvalue weighted by atomic mass is 10.0. The van der Waals surface area contributed by atoms with E-state index in [0.29, 0.717) is 5.56 Å². The standard InChI is InChI=1S/C10H9BrN2/c11-9-5-7(6-12)1-2-8(9)10(13)3-4-10/h1-2,5H,3-4,13H2. The zero-order valence-corrected chi connectivity index (χ0v) is 8.63. The number of hydrogen-bond acceptors (Lipinski definition) is 2. The van der Waals surface area contributed by atoms with E-state index in [0.717, 1.165) is 22.9 Å². The Morgan fingerprint density at radius 2 is 2.15 bits per heavy atom. The van der Waals surface area contributed by atoms with Gasteiger partial charge in [0, 0.05) is 10.0 Å². The Balaban J connectivity index is 2.45. The molecule has 66 valence electrons. The van der Waals surface area contributed by atoms with Crippen LogP contribution in [0.15, 0.2) is 22.7 Å². The third kappa shape index (κ3) is 1.48. The van der Waals surface area contributed by atoms with Gasteiger partial charge in [0.15, 0.2) is 0 Å². The first-order valence-electron chi connectivity index (χ1n) is 4.15. The normalized spacial score (nSPS) is 17.9. The molecule has 0 heterocycles. The Labute approximate surface area is 85.5 Å². The maximum absolute atomic E-state index is 8.67. The summed E-state index contributed by atoms with van der Waals surface area (Å²) in [6.45, 7) is 0. The van der Waals surface area contributed by atoms with Crippen molar-refractivity contribution in [2.45, 2.75) is 18.4 Å². The molecule has 0 atom stereocenters. The van der Waals surface area contributed by atoms with Gasteiger partial charge < -0.3 is 5.73 Å². The smallest absolute Gasteiger partial charge is 0.0992 e. The van der Waals surface area contributed by atoms with Crippen molar-refractivity contribution < 1.29 is 0 Å². The number of nitrogens with two attached hydrogens (primary N) is 1. The summed E-state index contributed by atoms with van der Waals surface area (Å²) < 4.78 is 0.951. The maximum Gasteiger partial charge on any atom is 0.0992 e. The molecule has 0 aliphatic heterocycles. The second-order valence-corrected chi connectivity index (χ2v) is 4.32. The lowest BCUT2D eigenvalue weighted by molar-refractivity contribution is 0.735.